The molecule has 0 aliphatic rings. The molecule has 0 bridgehead atoms. The first kappa shape index (κ1) is 13.7. The number of aryl methyl sites for hydroxylation is 2. The van der Waals surface area contributed by atoms with E-state index in [1.54, 1.807) is 6.07 Å². The van der Waals surface area contributed by atoms with E-state index in [2.05, 4.69) is 30.5 Å². The molecule has 0 spiro atoms. The van der Waals surface area contributed by atoms with Crippen LogP contribution in [0, 0.1) is 0 Å². The first-order valence-electron chi connectivity index (χ1n) is 7.24. The van der Waals surface area contributed by atoms with Gasteiger partial charge in [0.05, 0.1) is 16.9 Å². The van der Waals surface area contributed by atoms with Crippen molar-refractivity contribution in [2.24, 2.45) is 14.1 Å². The second-order valence-corrected chi connectivity index (χ2v) is 5.89. The molecule has 0 amide bonds. The van der Waals surface area contributed by atoms with Gasteiger partial charge in [0, 0.05) is 31.7 Å². The lowest BCUT2D eigenvalue weighted by atomic mass is 10.0. The maximum atomic E-state index is 12.5. The van der Waals surface area contributed by atoms with Crippen molar-refractivity contribution in [2.75, 3.05) is 0 Å². The highest BCUT2D eigenvalue weighted by Gasteiger charge is 2.11. The van der Waals surface area contributed by atoms with Crippen LogP contribution in [0.1, 0.15) is 25.3 Å². The van der Waals surface area contributed by atoms with E-state index in [0.29, 0.717) is 5.92 Å². The molecule has 0 N–H and O–H groups in total. The van der Waals surface area contributed by atoms with Gasteiger partial charge in [0.25, 0.3) is 0 Å². The van der Waals surface area contributed by atoms with E-state index in [1.165, 1.54) is 5.56 Å². The van der Waals surface area contributed by atoms with Gasteiger partial charge < -0.3 is 9.13 Å². The van der Waals surface area contributed by atoms with Crippen LogP contribution in [0.2, 0.25) is 0 Å². The first-order chi connectivity index (χ1) is 9.99. The Labute approximate surface area is 124 Å². The summed E-state index contributed by atoms with van der Waals surface area (Å²) >= 11 is 0. The predicted octanol–water partition coefficient (Wildman–Crippen LogP) is 3.67. The molecule has 0 unspecified atom stereocenters. The Morgan fingerprint density at radius 2 is 1.76 bits per heavy atom. The number of benzene rings is 1. The average molecular weight is 280 g/mol. The number of aromatic nitrogens is 2. The Hall–Kier alpha value is -2.29. The SMILES string of the molecule is CC(C)c1ccc2c(c1)c(=O)cc(-c1cccn1C)n2C. The minimum absolute atomic E-state index is 0.0850. The molecule has 0 atom stereocenters. The van der Waals surface area contributed by atoms with Crippen molar-refractivity contribution in [3.05, 3.63) is 58.4 Å². The van der Waals surface area contributed by atoms with Gasteiger partial charge in [0.2, 0.25) is 0 Å². The number of fused-ring (bicyclic) bond motifs is 1. The molecule has 21 heavy (non-hydrogen) atoms. The highest BCUT2D eigenvalue weighted by Crippen LogP contribution is 2.24. The quantitative estimate of drug-likeness (QED) is 0.703. The summed E-state index contributed by atoms with van der Waals surface area (Å²) in [7, 11) is 4.00. The molecule has 0 aliphatic heterocycles. The fourth-order valence-electron chi connectivity index (χ4n) is 2.80. The van der Waals surface area contributed by atoms with Crippen LogP contribution in [0.15, 0.2) is 47.4 Å². The lowest BCUT2D eigenvalue weighted by Gasteiger charge is -2.14. The second-order valence-electron chi connectivity index (χ2n) is 5.89. The summed E-state index contributed by atoms with van der Waals surface area (Å²) in [5.74, 6) is 0.423. The zero-order valence-corrected chi connectivity index (χ0v) is 12.9. The van der Waals surface area contributed by atoms with Crippen molar-refractivity contribution in [2.45, 2.75) is 19.8 Å². The molecule has 2 heterocycles. The molecule has 3 rings (SSSR count). The van der Waals surface area contributed by atoms with Gasteiger partial charge >= 0.3 is 0 Å². The maximum Gasteiger partial charge on any atom is 0.190 e. The number of pyridine rings is 1. The third kappa shape index (κ3) is 2.19. The molecule has 3 heteroatoms. The fraction of sp³-hybridized carbons (Fsp3) is 0.278. The molecule has 0 radical (unpaired) electrons. The van der Waals surface area contributed by atoms with Crippen LogP contribution in [-0.4, -0.2) is 9.13 Å². The summed E-state index contributed by atoms with van der Waals surface area (Å²) in [6.07, 6.45) is 1.99. The topological polar surface area (TPSA) is 26.9 Å². The van der Waals surface area contributed by atoms with Crippen LogP contribution in [0.5, 0.6) is 0 Å². The Balaban J connectivity index is 2.33. The van der Waals surface area contributed by atoms with E-state index in [4.69, 9.17) is 0 Å². The van der Waals surface area contributed by atoms with Crippen molar-refractivity contribution >= 4 is 10.9 Å². The molecule has 0 aliphatic carbocycles. The van der Waals surface area contributed by atoms with Crippen LogP contribution in [0.4, 0.5) is 0 Å². The van der Waals surface area contributed by atoms with Crippen molar-refractivity contribution in [3.8, 4) is 11.4 Å². The van der Waals surface area contributed by atoms with Crippen LogP contribution < -0.4 is 5.43 Å². The lowest BCUT2D eigenvalue weighted by Crippen LogP contribution is -2.11. The fourth-order valence-corrected chi connectivity index (χ4v) is 2.80. The molecule has 3 aromatic rings. The Morgan fingerprint density at radius 1 is 1.00 bits per heavy atom. The molecular formula is C18H20N2O. The van der Waals surface area contributed by atoms with E-state index < -0.39 is 0 Å². The Kier molecular flexibility index (Phi) is 3.20. The second kappa shape index (κ2) is 4.92. The van der Waals surface area contributed by atoms with Gasteiger partial charge in [-0.1, -0.05) is 19.9 Å². The molecular weight excluding hydrogens is 260 g/mol. The number of nitrogens with zero attached hydrogens (tertiary/aromatic N) is 2. The minimum atomic E-state index is 0.0850. The van der Waals surface area contributed by atoms with Gasteiger partial charge in [-0.2, -0.15) is 0 Å². The lowest BCUT2D eigenvalue weighted by molar-refractivity contribution is 0.865. The van der Waals surface area contributed by atoms with Crippen LogP contribution >= 0.6 is 0 Å². The summed E-state index contributed by atoms with van der Waals surface area (Å²) in [5.41, 5.74) is 4.25. The predicted molar refractivity (Wildman–Crippen MR) is 87.7 cm³/mol. The summed E-state index contributed by atoms with van der Waals surface area (Å²) in [6, 6.07) is 12.0. The normalized spacial score (nSPS) is 11.5. The third-order valence-corrected chi connectivity index (χ3v) is 4.15. The summed E-state index contributed by atoms with van der Waals surface area (Å²) in [5, 5.41) is 0.793. The van der Waals surface area contributed by atoms with Crippen molar-refractivity contribution in [1.82, 2.24) is 9.13 Å². The Bertz CT molecular complexity index is 869. The summed E-state index contributed by atoms with van der Waals surface area (Å²) in [6.45, 7) is 4.29. The van der Waals surface area contributed by atoms with E-state index in [9.17, 15) is 4.79 Å². The average Bonchev–Trinajstić information content (AvgIpc) is 2.88. The van der Waals surface area contributed by atoms with E-state index >= 15 is 0 Å². The molecule has 2 aromatic heterocycles. The molecule has 1 aromatic carbocycles. The van der Waals surface area contributed by atoms with Gasteiger partial charge in [-0.05, 0) is 35.7 Å². The van der Waals surface area contributed by atoms with E-state index in [1.807, 2.05) is 43.1 Å². The number of hydrogen-bond acceptors (Lipinski definition) is 1. The van der Waals surface area contributed by atoms with Crippen LogP contribution in [-0.2, 0) is 14.1 Å². The standard InChI is InChI=1S/C18H20N2O/c1-12(2)13-7-8-15-14(10-13)18(21)11-17(20(15)4)16-6-5-9-19(16)3/h5-12H,1-4H3. The van der Waals surface area contributed by atoms with Crippen molar-refractivity contribution in [1.29, 1.82) is 0 Å². The number of hydrogen-bond donors (Lipinski definition) is 0. The van der Waals surface area contributed by atoms with Gasteiger partial charge in [-0.25, -0.2) is 0 Å². The highest BCUT2D eigenvalue weighted by molar-refractivity contribution is 5.82. The number of rotatable bonds is 2. The highest BCUT2D eigenvalue weighted by atomic mass is 16.1. The first-order valence-corrected chi connectivity index (χ1v) is 7.24. The largest absolute Gasteiger partial charge is 0.349 e. The van der Waals surface area contributed by atoms with Crippen LogP contribution in [0.25, 0.3) is 22.3 Å². The monoisotopic (exact) mass is 280 g/mol. The van der Waals surface area contributed by atoms with Crippen molar-refractivity contribution in [3.63, 3.8) is 0 Å². The molecule has 0 saturated heterocycles. The molecule has 3 nitrogen and oxygen atoms in total. The van der Waals surface area contributed by atoms with E-state index in [-0.39, 0.29) is 5.43 Å². The Morgan fingerprint density at radius 3 is 2.38 bits per heavy atom. The van der Waals surface area contributed by atoms with Gasteiger partial charge in [0.15, 0.2) is 5.43 Å². The zero-order chi connectivity index (χ0) is 15.1. The molecule has 0 saturated carbocycles. The molecule has 0 fully saturated rings. The van der Waals surface area contributed by atoms with Crippen molar-refractivity contribution < 1.29 is 0 Å². The van der Waals surface area contributed by atoms with Gasteiger partial charge in [-0.15, -0.1) is 0 Å². The molecule has 108 valence electrons. The third-order valence-electron chi connectivity index (χ3n) is 4.15. The maximum absolute atomic E-state index is 12.5. The minimum Gasteiger partial charge on any atom is -0.349 e. The van der Waals surface area contributed by atoms with Gasteiger partial charge in [-0.3, -0.25) is 4.79 Å². The smallest absolute Gasteiger partial charge is 0.190 e. The van der Waals surface area contributed by atoms with Gasteiger partial charge in [0.1, 0.15) is 0 Å². The summed E-state index contributed by atoms with van der Waals surface area (Å²) in [4.78, 5) is 12.5. The summed E-state index contributed by atoms with van der Waals surface area (Å²) < 4.78 is 4.12. The van der Waals surface area contributed by atoms with Crippen LogP contribution in [0.3, 0.4) is 0 Å². The van der Waals surface area contributed by atoms with E-state index in [0.717, 1.165) is 22.3 Å². The zero-order valence-electron chi connectivity index (χ0n) is 12.9.